The molecule has 1 unspecified atom stereocenters. The van der Waals surface area contributed by atoms with Crippen molar-refractivity contribution in [3.8, 4) is 0 Å². The third-order valence-electron chi connectivity index (χ3n) is 2.27. The third kappa shape index (κ3) is 3.41. The summed E-state index contributed by atoms with van der Waals surface area (Å²) in [4.78, 5) is 15.3. The molecule has 8 heteroatoms. The number of rotatable bonds is 5. The molecule has 1 atom stereocenters. The summed E-state index contributed by atoms with van der Waals surface area (Å²) in [5.74, 6) is 0.0342. The molecular weight excluding hydrogens is 256 g/mol. The quantitative estimate of drug-likeness (QED) is 0.673. The molecule has 0 fully saturated rings. The first-order valence-corrected chi connectivity index (χ1v) is 6.76. The number of aromatic nitrogens is 1. The molecular formula is C10H16N4O3S. The van der Waals surface area contributed by atoms with Gasteiger partial charge in [0.05, 0.1) is 10.9 Å². The minimum Gasteiger partial charge on any atom is -0.373 e. The molecule has 1 amide bonds. The van der Waals surface area contributed by atoms with Crippen LogP contribution in [-0.4, -0.2) is 39.4 Å². The molecule has 1 aromatic heterocycles. The lowest BCUT2D eigenvalue weighted by Crippen LogP contribution is -2.43. The number of pyridine rings is 1. The van der Waals surface area contributed by atoms with Gasteiger partial charge in [-0.05, 0) is 13.0 Å². The smallest absolute Gasteiger partial charge is 0.241 e. The summed E-state index contributed by atoms with van der Waals surface area (Å²) in [6, 6.07) is 1.91. The Hall–Kier alpha value is -1.67. The lowest BCUT2D eigenvalue weighted by molar-refractivity contribution is -0.121. The molecule has 0 spiro atoms. The highest BCUT2D eigenvalue weighted by Crippen LogP contribution is 2.12. The monoisotopic (exact) mass is 272 g/mol. The minimum absolute atomic E-state index is 0.0533. The number of hydrogen-bond acceptors (Lipinski definition) is 5. The number of amides is 1. The van der Waals surface area contributed by atoms with Crippen molar-refractivity contribution >= 4 is 21.7 Å². The van der Waals surface area contributed by atoms with Crippen molar-refractivity contribution in [3.63, 3.8) is 0 Å². The van der Waals surface area contributed by atoms with E-state index in [1.165, 1.54) is 32.3 Å². The Balaban J connectivity index is 2.96. The van der Waals surface area contributed by atoms with Gasteiger partial charge in [0, 0.05) is 26.4 Å². The van der Waals surface area contributed by atoms with Gasteiger partial charge in [0.25, 0.3) is 0 Å². The van der Waals surface area contributed by atoms with Crippen molar-refractivity contribution in [3.05, 3.63) is 18.3 Å². The number of carbonyl (C=O) groups is 1. The zero-order valence-electron chi connectivity index (χ0n) is 10.4. The lowest BCUT2D eigenvalue weighted by atomic mass is 10.3. The molecule has 0 aromatic carbocycles. The van der Waals surface area contributed by atoms with E-state index in [1.807, 2.05) is 0 Å². The van der Waals surface area contributed by atoms with E-state index >= 15 is 0 Å². The summed E-state index contributed by atoms with van der Waals surface area (Å²) < 4.78 is 26.2. The highest BCUT2D eigenvalue weighted by Gasteiger charge is 2.21. The first-order chi connectivity index (χ1) is 8.40. The van der Waals surface area contributed by atoms with Gasteiger partial charge >= 0.3 is 0 Å². The van der Waals surface area contributed by atoms with Gasteiger partial charge in [0.2, 0.25) is 15.9 Å². The number of sulfonamides is 1. The second-order valence-corrected chi connectivity index (χ2v) is 5.30. The molecule has 0 aliphatic rings. The van der Waals surface area contributed by atoms with Gasteiger partial charge in [0.1, 0.15) is 5.82 Å². The highest BCUT2D eigenvalue weighted by atomic mass is 32.2. The molecule has 0 aliphatic heterocycles. The predicted molar refractivity (Wildman–Crippen MR) is 67.6 cm³/mol. The van der Waals surface area contributed by atoms with E-state index in [0.717, 1.165) is 0 Å². The Kier molecular flexibility index (Phi) is 4.62. The number of carbonyl (C=O) groups excluding carboxylic acids is 1. The van der Waals surface area contributed by atoms with Gasteiger partial charge in [-0.15, -0.1) is 0 Å². The fourth-order valence-electron chi connectivity index (χ4n) is 1.29. The Bertz CT molecular complexity index is 530. The Morgan fingerprint density at radius 1 is 1.39 bits per heavy atom. The number of nitrogens with zero attached hydrogens (tertiary/aromatic N) is 1. The van der Waals surface area contributed by atoms with Gasteiger partial charge in [-0.25, -0.2) is 13.4 Å². The molecule has 1 aromatic rings. The summed E-state index contributed by atoms with van der Waals surface area (Å²) >= 11 is 0. The van der Waals surface area contributed by atoms with E-state index in [4.69, 9.17) is 0 Å². The van der Waals surface area contributed by atoms with Crippen LogP contribution < -0.4 is 15.4 Å². The first-order valence-electron chi connectivity index (χ1n) is 5.28. The third-order valence-corrected chi connectivity index (χ3v) is 3.81. The van der Waals surface area contributed by atoms with E-state index in [2.05, 4.69) is 20.3 Å². The summed E-state index contributed by atoms with van der Waals surface area (Å²) in [5, 5.41) is 5.11. The SMILES string of the molecule is CNC(=O)C(C)NS(=O)(=O)c1ccnc(NC)c1. The normalized spacial score (nSPS) is 12.8. The average Bonchev–Trinajstić information content (AvgIpc) is 2.37. The molecule has 1 heterocycles. The van der Waals surface area contributed by atoms with E-state index in [9.17, 15) is 13.2 Å². The van der Waals surface area contributed by atoms with Crippen molar-refractivity contribution in [2.24, 2.45) is 0 Å². The zero-order valence-corrected chi connectivity index (χ0v) is 11.2. The molecule has 0 aliphatic carbocycles. The van der Waals surface area contributed by atoms with Crippen LogP contribution in [0.3, 0.4) is 0 Å². The number of hydrogen-bond donors (Lipinski definition) is 3. The predicted octanol–water partition coefficient (Wildman–Crippen LogP) is -0.464. The van der Waals surface area contributed by atoms with Crippen LogP contribution in [0.15, 0.2) is 23.2 Å². The summed E-state index contributed by atoms with van der Waals surface area (Å²) in [6.07, 6.45) is 1.38. The first kappa shape index (κ1) is 14.4. The summed E-state index contributed by atoms with van der Waals surface area (Å²) in [5.41, 5.74) is 0. The van der Waals surface area contributed by atoms with Crippen LogP contribution in [0, 0.1) is 0 Å². The summed E-state index contributed by atoms with van der Waals surface area (Å²) in [6.45, 7) is 1.47. The zero-order chi connectivity index (χ0) is 13.8. The van der Waals surface area contributed by atoms with Crippen LogP contribution in [-0.2, 0) is 14.8 Å². The molecule has 1 rings (SSSR count). The second kappa shape index (κ2) is 5.78. The number of nitrogens with one attached hydrogen (secondary N) is 3. The van der Waals surface area contributed by atoms with Gasteiger partial charge in [0.15, 0.2) is 0 Å². The Morgan fingerprint density at radius 3 is 2.61 bits per heavy atom. The molecule has 0 radical (unpaired) electrons. The average molecular weight is 272 g/mol. The van der Waals surface area contributed by atoms with E-state index in [-0.39, 0.29) is 4.90 Å². The van der Waals surface area contributed by atoms with Gasteiger partial charge in [-0.3, -0.25) is 4.79 Å². The maximum absolute atomic E-state index is 12.0. The molecule has 3 N–H and O–H groups in total. The maximum atomic E-state index is 12.0. The molecule has 7 nitrogen and oxygen atoms in total. The van der Waals surface area contributed by atoms with Crippen molar-refractivity contribution < 1.29 is 13.2 Å². The van der Waals surface area contributed by atoms with Crippen LogP contribution in [0.25, 0.3) is 0 Å². The van der Waals surface area contributed by atoms with Crippen LogP contribution in [0.4, 0.5) is 5.82 Å². The molecule has 100 valence electrons. The highest BCUT2D eigenvalue weighted by molar-refractivity contribution is 7.89. The van der Waals surface area contributed by atoms with Gasteiger partial charge < -0.3 is 10.6 Å². The van der Waals surface area contributed by atoms with Crippen LogP contribution >= 0.6 is 0 Å². The van der Waals surface area contributed by atoms with Crippen molar-refractivity contribution in [2.45, 2.75) is 17.9 Å². The standard InChI is InChI=1S/C10H16N4O3S/c1-7(10(15)12-3)14-18(16,17)8-4-5-13-9(6-8)11-2/h4-7,14H,1-3H3,(H,11,13)(H,12,15). The number of anilines is 1. The Labute approximate surface area is 106 Å². The van der Waals surface area contributed by atoms with Crippen molar-refractivity contribution in [2.75, 3.05) is 19.4 Å². The topological polar surface area (TPSA) is 100 Å². The van der Waals surface area contributed by atoms with Crippen molar-refractivity contribution in [1.29, 1.82) is 0 Å². The molecule has 18 heavy (non-hydrogen) atoms. The Morgan fingerprint density at radius 2 is 2.06 bits per heavy atom. The fourth-order valence-corrected chi connectivity index (χ4v) is 2.50. The number of likely N-dealkylation sites (N-methyl/N-ethyl adjacent to an activating group) is 1. The van der Waals surface area contributed by atoms with E-state index in [0.29, 0.717) is 5.82 Å². The molecule has 0 saturated heterocycles. The summed E-state index contributed by atoms with van der Waals surface area (Å²) in [7, 11) is -0.657. The largest absolute Gasteiger partial charge is 0.373 e. The van der Waals surface area contributed by atoms with Crippen molar-refractivity contribution in [1.82, 2.24) is 15.0 Å². The maximum Gasteiger partial charge on any atom is 0.241 e. The molecule has 0 saturated carbocycles. The van der Waals surface area contributed by atoms with Gasteiger partial charge in [-0.2, -0.15) is 4.72 Å². The fraction of sp³-hybridized carbons (Fsp3) is 0.400. The lowest BCUT2D eigenvalue weighted by Gasteiger charge is -2.13. The van der Waals surface area contributed by atoms with E-state index in [1.54, 1.807) is 7.05 Å². The van der Waals surface area contributed by atoms with Crippen LogP contribution in [0.5, 0.6) is 0 Å². The molecule has 0 bridgehead atoms. The van der Waals surface area contributed by atoms with Crippen LogP contribution in [0.2, 0.25) is 0 Å². The van der Waals surface area contributed by atoms with E-state index < -0.39 is 22.0 Å². The second-order valence-electron chi connectivity index (χ2n) is 3.58. The van der Waals surface area contributed by atoms with Crippen LogP contribution in [0.1, 0.15) is 6.92 Å². The van der Waals surface area contributed by atoms with Gasteiger partial charge in [-0.1, -0.05) is 0 Å². The minimum atomic E-state index is -3.74.